The molecule has 1 fully saturated rings. The largest absolute Gasteiger partial charge is 0.380 e. The van der Waals surface area contributed by atoms with Gasteiger partial charge in [0.25, 0.3) is 0 Å². The average Bonchev–Trinajstić information content (AvgIpc) is 3.21. The SMILES string of the molecule is COCc1cccc(-c2nc3ccccc3nc2N2CCC(NC(=O)C(C)(C)C)C2)c1. The van der Waals surface area contributed by atoms with Gasteiger partial charge in [-0.15, -0.1) is 0 Å². The Morgan fingerprint density at radius 2 is 1.87 bits per heavy atom. The zero-order chi connectivity index (χ0) is 22.0. The summed E-state index contributed by atoms with van der Waals surface area (Å²) in [6, 6.07) is 16.3. The fourth-order valence-electron chi connectivity index (χ4n) is 3.85. The van der Waals surface area contributed by atoms with E-state index in [4.69, 9.17) is 14.7 Å². The van der Waals surface area contributed by atoms with Gasteiger partial charge in [-0.25, -0.2) is 9.97 Å². The van der Waals surface area contributed by atoms with Gasteiger partial charge in [-0.2, -0.15) is 0 Å². The van der Waals surface area contributed by atoms with E-state index in [0.29, 0.717) is 6.61 Å². The molecule has 0 radical (unpaired) electrons. The summed E-state index contributed by atoms with van der Waals surface area (Å²) in [7, 11) is 1.70. The molecule has 162 valence electrons. The number of hydrogen-bond donors (Lipinski definition) is 1. The van der Waals surface area contributed by atoms with Gasteiger partial charge in [0.2, 0.25) is 5.91 Å². The molecule has 1 aliphatic rings. The number of nitrogens with one attached hydrogen (secondary N) is 1. The molecule has 3 aromatic rings. The quantitative estimate of drug-likeness (QED) is 0.673. The number of nitrogens with zero attached hydrogens (tertiary/aromatic N) is 3. The summed E-state index contributed by atoms with van der Waals surface area (Å²) in [6.45, 7) is 7.92. The Morgan fingerprint density at radius 1 is 1.13 bits per heavy atom. The van der Waals surface area contributed by atoms with E-state index in [1.807, 2.05) is 51.1 Å². The van der Waals surface area contributed by atoms with Crippen molar-refractivity contribution < 1.29 is 9.53 Å². The monoisotopic (exact) mass is 418 g/mol. The number of rotatable bonds is 5. The zero-order valence-electron chi connectivity index (χ0n) is 18.7. The molecule has 1 saturated heterocycles. The smallest absolute Gasteiger partial charge is 0.225 e. The molecular weight excluding hydrogens is 388 g/mol. The fourth-order valence-corrected chi connectivity index (χ4v) is 3.85. The van der Waals surface area contributed by atoms with E-state index in [1.165, 1.54) is 0 Å². The minimum absolute atomic E-state index is 0.0800. The lowest BCUT2D eigenvalue weighted by molar-refractivity contribution is -0.129. The highest BCUT2D eigenvalue weighted by molar-refractivity contribution is 5.84. The number of carbonyl (C=O) groups excluding carboxylic acids is 1. The van der Waals surface area contributed by atoms with Crippen molar-refractivity contribution >= 4 is 22.8 Å². The van der Waals surface area contributed by atoms with Crippen LogP contribution >= 0.6 is 0 Å². The number of benzene rings is 2. The van der Waals surface area contributed by atoms with E-state index in [-0.39, 0.29) is 11.9 Å². The number of fused-ring (bicyclic) bond motifs is 1. The van der Waals surface area contributed by atoms with Crippen LogP contribution in [-0.2, 0) is 16.1 Å². The zero-order valence-corrected chi connectivity index (χ0v) is 18.7. The third-order valence-corrected chi connectivity index (χ3v) is 5.57. The molecular formula is C25H30N4O2. The van der Waals surface area contributed by atoms with Crippen LogP contribution in [0.1, 0.15) is 32.8 Å². The van der Waals surface area contributed by atoms with Crippen molar-refractivity contribution in [3.8, 4) is 11.3 Å². The second-order valence-electron chi connectivity index (χ2n) is 9.17. The lowest BCUT2D eigenvalue weighted by Crippen LogP contribution is -2.43. The normalized spacial score (nSPS) is 16.6. The topological polar surface area (TPSA) is 67.4 Å². The van der Waals surface area contributed by atoms with E-state index in [2.05, 4.69) is 28.4 Å². The maximum atomic E-state index is 12.5. The van der Waals surface area contributed by atoms with E-state index in [9.17, 15) is 4.79 Å². The van der Waals surface area contributed by atoms with Crippen LogP contribution in [0.4, 0.5) is 5.82 Å². The molecule has 1 N–H and O–H groups in total. The summed E-state index contributed by atoms with van der Waals surface area (Å²) < 4.78 is 5.31. The summed E-state index contributed by atoms with van der Waals surface area (Å²) in [5.74, 6) is 0.942. The molecule has 6 heteroatoms. The summed E-state index contributed by atoms with van der Waals surface area (Å²) in [5.41, 5.74) is 4.32. The number of methoxy groups -OCH3 is 1. The molecule has 6 nitrogen and oxygen atoms in total. The Morgan fingerprint density at radius 3 is 2.58 bits per heavy atom. The Balaban J connectivity index is 1.69. The minimum atomic E-state index is -0.400. The second kappa shape index (κ2) is 8.63. The standard InChI is InChI=1S/C25H30N4O2/c1-25(2,3)24(30)26-19-12-13-29(15-19)23-22(18-9-7-8-17(14-18)16-31-4)27-20-10-5-6-11-21(20)28-23/h5-11,14,19H,12-13,15-16H2,1-4H3,(H,26,30). The summed E-state index contributed by atoms with van der Waals surface area (Å²) in [4.78, 5) is 24.7. The fraction of sp³-hybridized carbons (Fsp3) is 0.400. The van der Waals surface area contributed by atoms with Crippen molar-refractivity contribution in [1.29, 1.82) is 0 Å². The van der Waals surface area contributed by atoms with E-state index >= 15 is 0 Å². The molecule has 1 atom stereocenters. The number of hydrogen-bond acceptors (Lipinski definition) is 5. The van der Waals surface area contributed by atoms with Gasteiger partial charge in [0.05, 0.1) is 17.6 Å². The van der Waals surface area contributed by atoms with Crippen LogP contribution in [0.25, 0.3) is 22.3 Å². The third kappa shape index (κ3) is 4.69. The maximum absolute atomic E-state index is 12.5. The lowest BCUT2D eigenvalue weighted by atomic mass is 9.95. The summed E-state index contributed by atoms with van der Waals surface area (Å²) in [5, 5.41) is 3.20. The maximum Gasteiger partial charge on any atom is 0.225 e. The van der Waals surface area contributed by atoms with Crippen LogP contribution in [0.3, 0.4) is 0 Å². The molecule has 0 bridgehead atoms. The van der Waals surface area contributed by atoms with Crippen molar-refractivity contribution in [3.05, 3.63) is 54.1 Å². The first-order chi connectivity index (χ1) is 14.8. The lowest BCUT2D eigenvalue weighted by Gasteiger charge is -2.23. The number of carbonyl (C=O) groups is 1. The number of aromatic nitrogens is 2. The Kier molecular flexibility index (Phi) is 5.92. The van der Waals surface area contributed by atoms with Crippen LogP contribution < -0.4 is 10.2 Å². The molecule has 2 aromatic carbocycles. The molecule has 0 aliphatic carbocycles. The predicted octanol–water partition coefficient (Wildman–Crippen LogP) is 4.18. The van der Waals surface area contributed by atoms with E-state index < -0.39 is 5.41 Å². The van der Waals surface area contributed by atoms with Crippen molar-refractivity contribution in [3.63, 3.8) is 0 Å². The third-order valence-electron chi connectivity index (χ3n) is 5.57. The predicted molar refractivity (Wildman–Crippen MR) is 124 cm³/mol. The Bertz CT molecular complexity index is 1090. The van der Waals surface area contributed by atoms with Gasteiger partial charge in [0.15, 0.2) is 5.82 Å². The molecule has 0 saturated carbocycles. The van der Waals surface area contributed by atoms with Crippen molar-refractivity contribution in [2.75, 3.05) is 25.1 Å². The van der Waals surface area contributed by atoms with Gasteiger partial charge in [-0.1, -0.05) is 51.1 Å². The summed E-state index contributed by atoms with van der Waals surface area (Å²) in [6.07, 6.45) is 0.888. The van der Waals surface area contributed by atoms with Crippen molar-refractivity contribution in [2.45, 2.75) is 39.8 Å². The van der Waals surface area contributed by atoms with Crippen LogP contribution in [-0.4, -0.2) is 42.1 Å². The minimum Gasteiger partial charge on any atom is -0.380 e. The highest BCUT2D eigenvalue weighted by atomic mass is 16.5. The highest BCUT2D eigenvalue weighted by Gasteiger charge is 2.30. The second-order valence-corrected chi connectivity index (χ2v) is 9.17. The number of para-hydroxylation sites is 2. The number of amides is 1. The van der Waals surface area contributed by atoms with Gasteiger partial charge < -0.3 is 15.0 Å². The molecule has 4 rings (SSSR count). The van der Waals surface area contributed by atoms with Gasteiger partial charge >= 0.3 is 0 Å². The van der Waals surface area contributed by atoms with Gasteiger partial charge in [0, 0.05) is 37.2 Å². The Labute approximate surface area is 183 Å². The summed E-state index contributed by atoms with van der Waals surface area (Å²) >= 11 is 0. The van der Waals surface area contributed by atoms with Gasteiger partial charge in [-0.3, -0.25) is 4.79 Å². The first kappa shape index (κ1) is 21.2. The van der Waals surface area contributed by atoms with Gasteiger partial charge in [0.1, 0.15) is 5.69 Å². The first-order valence-corrected chi connectivity index (χ1v) is 10.8. The molecule has 1 aromatic heterocycles. The molecule has 0 spiro atoms. The van der Waals surface area contributed by atoms with Crippen LogP contribution in [0.15, 0.2) is 48.5 Å². The molecule has 1 amide bonds. The van der Waals surface area contributed by atoms with Crippen LogP contribution in [0.2, 0.25) is 0 Å². The molecule has 31 heavy (non-hydrogen) atoms. The van der Waals surface area contributed by atoms with Crippen molar-refractivity contribution in [2.24, 2.45) is 5.41 Å². The van der Waals surface area contributed by atoms with Crippen LogP contribution in [0.5, 0.6) is 0 Å². The first-order valence-electron chi connectivity index (χ1n) is 10.8. The van der Waals surface area contributed by atoms with Gasteiger partial charge in [-0.05, 0) is 30.2 Å². The van der Waals surface area contributed by atoms with Crippen molar-refractivity contribution in [1.82, 2.24) is 15.3 Å². The average molecular weight is 419 g/mol. The Hall–Kier alpha value is -2.99. The number of ether oxygens (including phenoxy) is 1. The van der Waals surface area contributed by atoms with E-state index in [1.54, 1.807) is 7.11 Å². The number of anilines is 1. The highest BCUT2D eigenvalue weighted by Crippen LogP contribution is 2.32. The molecule has 2 heterocycles. The van der Waals surface area contributed by atoms with Crippen LogP contribution in [0, 0.1) is 5.41 Å². The van der Waals surface area contributed by atoms with E-state index in [0.717, 1.165) is 53.2 Å². The molecule has 1 aliphatic heterocycles. The molecule has 1 unspecified atom stereocenters.